The zero-order valence-electron chi connectivity index (χ0n) is 17.9. The van der Waals surface area contributed by atoms with Crippen LogP contribution in [0.15, 0.2) is 36.4 Å². The van der Waals surface area contributed by atoms with Gasteiger partial charge in [0.25, 0.3) is 0 Å². The summed E-state index contributed by atoms with van der Waals surface area (Å²) >= 11 is 18.2. The molecule has 1 N–H and O–H groups in total. The van der Waals surface area contributed by atoms with Crippen molar-refractivity contribution in [3.8, 4) is 0 Å². The molecule has 0 bridgehead atoms. The largest absolute Gasteiger partial charge is 0.481 e. The van der Waals surface area contributed by atoms with E-state index in [1.54, 1.807) is 50.2 Å². The van der Waals surface area contributed by atoms with Gasteiger partial charge in [-0.2, -0.15) is 0 Å². The van der Waals surface area contributed by atoms with Crippen LogP contribution in [0.25, 0.3) is 4.85 Å². The van der Waals surface area contributed by atoms with Gasteiger partial charge in [-0.25, -0.2) is 4.85 Å². The highest BCUT2D eigenvalue weighted by Crippen LogP contribution is 2.48. The Kier molecular flexibility index (Phi) is 7.23. The number of hydrogen-bond acceptors (Lipinski definition) is 4. The Morgan fingerprint density at radius 3 is 2.45 bits per heavy atom. The summed E-state index contributed by atoms with van der Waals surface area (Å²) in [5.41, 5.74) is 1.16. The molecule has 1 atom stereocenters. The smallest absolute Gasteiger partial charge is 0.303 e. The number of thiocarbonyl (C=S) groups is 1. The summed E-state index contributed by atoms with van der Waals surface area (Å²) < 4.78 is 0. The number of nitrogens with zero attached hydrogens (tertiary/aromatic N) is 2. The lowest BCUT2D eigenvalue weighted by Crippen LogP contribution is -2.32. The van der Waals surface area contributed by atoms with Gasteiger partial charge >= 0.3 is 5.97 Å². The third kappa shape index (κ3) is 4.93. The highest BCUT2D eigenvalue weighted by atomic mass is 35.5. The number of halogens is 2. The maximum absolute atomic E-state index is 13.4. The molecule has 1 unspecified atom stereocenters. The molecule has 1 aliphatic rings. The molecule has 0 aliphatic carbocycles. The SMILES string of the molecule is [C-]#[N+]c1ccc(N2C(=O)C(C)(C)C(c3ccc(Cl)c(CC(=O)CCC(=O)O)c3)C2=S)cc1Cl. The van der Waals surface area contributed by atoms with Crippen LogP contribution in [0.4, 0.5) is 11.4 Å². The van der Waals surface area contributed by atoms with Gasteiger partial charge in [0, 0.05) is 34.5 Å². The van der Waals surface area contributed by atoms with Crippen LogP contribution in [0.1, 0.15) is 43.7 Å². The van der Waals surface area contributed by atoms with Gasteiger partial charge < -0.3 is 5.11 Å². The summed E-state index contributed by atoms with van der Waals surface area (Å²) in [5.74, 6) is -1.95. The Hall–Kier alpha value is -2.79. The van der Waals surface area contributed by atoms with Gasteiger partial charge in [0.1, 0.15) is 5.78 Å². The molecule has 1 aliphatic heterocycles. The zero-order valence-corrected chi connectivity index (χ0v) is 20.2. The van der Waals surface area contributed by atoms with E-state index in [9.17, 15) is 14.4 Å². The number of benzene rings is 2. The third-order valence-electron chi connectivity index (χ3n) is 5.66. The van der Waals surface area contributed by atoms with Gasteiger partial charge in [0.05, 0.1) is 23.4 Å². The molecule has 0 saturated carbocycles. The molecule has 0 spiro atoms. The zero-order chi connectivity index (χ0) is 24.5. The van der Waals surface area contributed by atoms with Gasteiger partial charge in [-0.1, -0.05) is 53.6 Å². The molecule has 2 aromatic rings. The Morgan fingerprint density at radius 1 is 1.15 bits per heavy atom. The first-order chi connectivity index (χ1) is 15.5. The minimum absolute atomic E-state index is 0.00871. The van der Waals surface area contributed by atoms with E-state index in [0.29, 0.717) is 21.3 Å². The molecule has 1 amide bonds. The van der Waals surface area contributed by atoms with Crippen molar-refractivity contribution in [3.63, 3.8) is 0 Å². The van der Waals surface area contributed by atoms with Crippen molar-refractivity contribution in [2.45, 2.75) is 39.0 Å². The Bertz CT molecular complexity index is 1220. The van der Waals surface area contributed by atoms with Crippen molar-refractivity contribution in [1.29, 1.82) is 0 Å². The molecular weight excluding hydrogens is 483 g/mol. The first-order valence-corrected chi connectivity index (χ1v) is 11.2. The molecule has 2 aromatic carbocycles. The van der Waals surface area contributed by atoms with E-state index in [-0.39, 0.29) is 41.7 Å². The second kappa shape index (κ2) is 9.60. The van der Waals surface area contributed by atoms with Crippen LogP contribution in [0.3, 0.4) is 0 Å². The highest BCUT2D eigenvalue weighted by Gasteiger charge is 2.52. The Balaban J connectivity index is 1.96. The molecule has 0 aromatic heterocycles. The van der Waals surface area contributed by atoms with Crippen molar-refractivity contribution >= 4 is 69.4 Å². The molecule has 1 heterocycles. The van der Waals surface area contributed by atoms with E-state index in [4.69, 9.17) is 47.1 Å². The monoisotopic (exact) mass is 502 g/mol. The van der Waals surface area contributed by atoms with Gasteiger partial charge in [-0.05, 0) is 43.2 Å². The first kappa shape index (κ1) is 24.8. The number of carbonyl (C=O) groups is 3. The molecule has 170 valence electrons. The standard InChI is InChI=1S/C24H20Cl2N2O4S/c1-24(2)21(13-4-7-17(25)14(10-13)11-16(29)6-9-20(30)31)22(33)28(23(24)32)15-5-8-19(27-3)18(26)12-15/h4-5,7-8,10,12,21H,6,9,11H2,1-2H3,(H,30,31). The van der Waals surface area contributed by atoms with E-state index in [0.717, 1.165) is 5.56 Å². The van der Waals surface area contributed by atoms with Crippen LogP contribution in [-0.2, 0) is 20.8 Å². The van der Waals surface area contributed by atoms with Gasteiger partial charge in [0.2, 0.25) is 11.6 Å². The number of rotatable bonds is 7. The molecule has 6 nitrogen and oxygen atoms in total. The minimum atomic E-state index is -1.04. The van der Waals surface area contributed by atoms with E-state index < -0.39 is 17.3 Å². The fourth-order valence-electron chi connectivity index (χ4n) is 3.94. The predicted molar refractivity (Wildman–Crippen MR) is 131 cm³/mol. The average molecular weight is 503 g/mol. The molecule has 3 rings (SSSR count). The van der Waals surface area contributed by atoms with E-state index in [1.807, 2.05) is 0 Å². The molecule has 0 radical (unpaired) electrons. The van der Waals surface area contributed by atoms with Crippen LogP contribution >= 0.6 is 35.4 Å². The number of anilines is 1. The lowest BCUT2D eigenvalue weighted by molar-refractivity contribution is -0.138. The third-order valence-corrected chi connectivity index (χ3v) is 6.75. The number of carboxylic acid groups (broad SMARTS) is 1. The Morgan fingerprint density at radius 2 is 1.85 bits per heavy atom. The van der Waals surface area contributed by atoms with Crippen LogP contribution < -0.4 is 4.90 Å². The summed E-state index contributed by atoms with van der Waals surface area (Å²) in [6.45, 7) is 10.8. The number of amides is 1. The molecule has 33 heavy (non-hydrogen) atoms. The predicted octanol–water partition coefficient (Wildman–Crippen LogP) is 6.00. The van der Waals surface area contributed by atoms with Gasteiger partial charge in [0.15, 0.2) is 0 Å². The number of carboxylic acids is 1. The molecular formula is C24H20Cl2N2O4S. The topological polar surface area (TPSA) is 79.0 Å². The number of Topliss-reactive ketones (excluding diaryl/α,β-unsaturated/α-hetero) is 1. The second-order valence-corrected chi connectivity index (χ2v) is 9.57. The second-order valence-electron chi connectivity index (χ2n) is 8.34. The fourth-order valence-corrected chi connectivity index (χ4v) is 4.96. The average Bonchev–Trinajstić information content (AvgIpc) is 2.92. The molecule has 1 saturated heterocycles. The first-order valence-electron chi connectivity index (χ1n) is 10.0. The maximum atomic E-state index is 13.4. The number of hydrogen-bond donors (Lipinski definition) is 1. The lowest BCUT2D eigenvalue weighted by Gasteiger charge is -2.24. The maximum Gasteiger partial charge on any atom is 0.303 e. The highest BCUT2D eigenvalue weighted by molar-refractivity contribution is 7.80. The van der Waals surface area contributed by atoms with Crippen molar-refractivity contribution in [2.75, 3.05) is 4.90 Å². The summed E-state index contributed by atoms with van der Waals surface area (Å²) in [5, 5.41) is 9.41. The fraction of sp³-hybridized carbons (Fsp3) is 0.292. The molecule has 1 fully saturated rings. The van der Waals surface area contributed by atoms with Gasteiger partial charge in [-0.15, -0.1) is 0 Å². The summed E-state index contributed by atoms with van der Waals surface area (Å²) in [6, 6.07) is 9.92. The number of aliphatic carboxylic acids is 1. The van der Waals surface area contributed by atoms with Crippen LogP contribution in [0.2, 0.25) is 10.0 Å². The minimum Gasteiger partial charge on any atom is -0.481 e. The lowest BCUT2D eigenvalue weighted by atomic mass is 9.77. The summed E-state index contributed by atoms with van der Waals surface area (Å²) in [6.07, 6.45) is -0.337. The Labute approximate surface area is 206 Å². The quantitative estimate of drug-likeness (QED) is 0.370. The van der Waals surface area contributed by atoms with Crippen molar-refractivity contribution in [3.05, 3.63) is 69.0 Å². The van der Waals surface area contributed by atoms with Crippen molar-refractivity contribution < 1.29 is 19.5 Å². The van der Waals surface area contributed by atoms with E-state index in [1.165, 1.54) is 4.90 Å². The van der Waals surface area contributed by atoms with Crippen LogP contribution in [0, 0.1) is 12.0 Å². The molecule has 9 heteroatoms. The number of ketones is 1. The van der Waals surface area contributed by atoms with Crippen LogP contribution in [-0.4, -0.2) is 27.8 Å². The van der Waals surface area contributed by atoms with Crippen LogP contribution in [0.5, 0.6) is 0 Å². The number of carbonyl (C=O) groups excluding carboxylic acids is 2. The van der Waals surface area contributed by atoms with Crippen molar-refractivity contribution in [1.82, 2.24) is 0 Å². The van der Waals surface area contributed by atoms with E-state index >= 15 is 0 Å². The van der Waals surface area contributed by atoms with E-state index in [2.05, 4.69) is 4.85 Å². The van der Waals surface area contributed by atoms with Gasteiger partial charge in [-0.3, -0.25) is 19.3 Å². The van der Waals surface area contributed by atoms with Crippen molar-refractivity contribution in [2.24, 2.45) is 5.41 Å². The summed E-state index contributed by atoms with van der Waals surface area (Å²) in [4.78, 5) is 41.5. The summed E-state index contributed by atoms with van der Waals surface area (Å²) in [7, 11) is 0. The normalized spacial score (nSPS) is 17.2.